The van der Waals surface area contributed by atoms with Crippen molar-refractivity contribution in [2.45, 2.75) is 19.4 Å². The minimum Gasteiger partial charge on any atom is -0.497 e. The minimum atomic E-state index is 0.113. The first-order valence-corrected chi connectivity index (χ1v) is 5.36. The Morgan fingerprint density at radius 3 is 2.77 bits per heavy atom. The molecule has 0 aliphatic carbocycles. The van der Waals surface area contributed by atoms with Gasteiger partial charge in [0.2, 0.25) is 0 Å². The van der Waals surface area contributed by atoms with E-state index < -0.39 is 0 Å². The van der Waals surface area contributed by atoms with Crippen LogP contribution < -0.4 is 10.5 Å². The summed E-state index contributed by atoms with van der Waals surface area (Å²) >= 11 is 2.30. The van der Waals surface area contributed by atoms with Crippen LogP contribution in [0.25, 0.3) is 0 Å². The number of methoxy groups -OCH3 is 1. The van der Waals surface area contributed by atoms with Crippen molar-refractivity contribution in [2.75, 3.05) is 7.11 Å². The van der Waals surface area contributed by atoms with E-state index in [9.17, 15) is 0 Å². The highest BCUT2D eigenvalue weighted by atomic mass is 127. The van der Waals surface area contributed by atoms with Crippen molar-refractivity contribution in [1.29, 1.82) is 0 Å². The molecule has 0 heterocycles. The van der Waals surface area contributed by atoms with E-state index in [4.69, 9.17) is 10.5 Å². The molecule has 0 aliphatic rings. The molecule has 0 aliphatic heterocycles. The van der Waals surface area contributed by atoms with E-state index in [1.54, 1.807) is 7.11 Å². The van der Waals surface area contributed by atoms with Gasteiger partial charge >= 0.3 is 0 Å². The molecule has 0 fully saturated rings. The van der Waals surface area contributed by atoms with E-state index in [1.807, 2.05) is 18.2 Å². The minimum absolute atomic E-state index is 0.113. The largest absolute Gasteiger partial charge is 0.497 e. The van der Waals surface area contributed by atoms with Crippen molar-refractivity contribution in [3.05, 3.63) is 27.3 Å². The smallest absolute Gasteiger partial charge is 0.119 e. The Morgan fingerprint density at radius 2 is 2.23 bits per heavy atom. The van der Waals surface area contributed by atoms with Crippen LogP contribution in [-0.2, 0) is 0 Å². The van der Waals surface area contributed by atoms with Gasteiger partial charge in [-0.25, -0.2) is 0 Å². The zero-order chi connectivity index (χ0) is 9.84. The summed E-state index contributed by atoms with van der Waals surface area (Å²) in [5.74, 6) is 0.874. The lowest BCUT2D eigenvalue weighted by molar-refractivity contribution is 0.413. The van der Waals surface area contributed by atoms with Gasteiger partial charge in [-0.2, -0.15) is 0 Å². The standard InChI is InChI=1S/C10H14INO/c1-3-10(12)8-6-7(13-2)4-5-9(8)11/h4-6,10H,3,12H2,1-2H3/t10-/m0/s1. The van der Waals surface area contributed by atoms with Crippen LogP contribution in [0.5, 0.6) is 5.75 Å². The van der Waals surface area contributed by atoms with E-state index in [2.05, 4.69) is 29.5 Å². The number of hydrogen-bond acceptors (Lipinski definition) is 2. The summed E-state index contributed by atoms with van der Waals surface area (Å²) in [7, 11) is 1.67. The maximum absolute atomic E-state index is 5.96. The van der Waals surface area contributed by atoms with E-state index in [0.717, 1.165) is 12.2 Å². The van der Waals surface area contributed by atoms with Crippen molar-refractivity contribution < 1.29 is 4.74 Å². The summed E-state index contributed by atoms with van der Waals surface area (Å²) < 4.78 is 6.35. The van der Waals surface area contributed by atoms with Crippen LogP contribution in [-0.4, -0.2) is 7.11 Å². The van der Waals surface area contributed by atoms with Gasteiger partial charge in [0.05, 0.1) is 7.11 Å². The maximum atomic E-state index is 5.96. The third kappa shape index (κ3) is 2.57. The highest BCUT2D eigenvalue weighted by Crippen LogP contribution is 2.25. The third-order valence-corrected chi connectivity index (χ3v) is 3.02. The number of hydrogen-bond donors (Lipinski definition) is 1. The summed E-state index contributed by atoms with van der Waals surface area (Å²) in [6.07, 6.45) is 0.948. The Labute approximate surface area is 92.6 Å². The Kier molecular flexibility index (Phi) is 3.99. The Bertz CT molecular complexity index is 288. The van der Waals surface area contributed by atoms with E-state index in [-0.39, 0.29) is 6.04 Å². The Balaban J connectivity index is 3.03. The zero-order valence-corrected chi connectivity index (χ0v) is 10.0. The average molecular weight is 291 g/mol. The second kappa shape index (κ2) is 4.81. The number of benzene rings is 1. The first-order chi connectivity index (χ1) is 6.19. The van der Waals surface area contributed by atoms with Crippen LogP contribution in [0.3, 0.4) is 0 Å². The van der Waals surface area contributed by atoms with Crippen LogP contribution >= 0.6 is 22.6 Å². The molecule has 2 N–H and O–H groups in total. The van der Waals surface area contributed by atoms with E-state index >= 15 is 0 Å². The molecule has 1 atom stereocenters. The molecule has 0 bridgehead atoms. The number of nitrogens with two attached hydrogens (primary N) is 1. The number of ether oxygens (including phenoxy) is 1. The normalized spacial score (nSPS) is 12.6. The predicted octanol–water partition coefficient (Wildman–Crippen LogP) is 2.71. The molecule has 2 nitrogen and oxygen atoms in total. The highest BCUT2D eigenvalue weighted by molar-refractivity contribution is 14.1. The summed E-state index contributed by atoms with van der Waals surface area (Å²) in [5, 5.41) is 0. The predicted molar refractivity (Wildman–Crippen MR) is 62.9 cm³/mol. The van der Waals surface area contributed by atoms with Crippen molar-refractivity contribution in [1.82, 2.24) is 0 Å². The Morgan fingerprint density at radius 1 is 1.54 bits per heavy atom. The van der Waals surface area contributed by atoms with Crippen molar-refractivity contribution in [3.8, 4) is 5.75 Å². The van der Waals surface area contributed by atoms with Gasteiger partial charge in [-0.1, -0.05) is 6.92 Å². The van der Waals surface area contributed by atoms with Gasteiger partial charge in [0.25, 0.3) is 0 Å². The molecule has 3 heteroatoms. The zero-order valence-electron chi connectivity index (χ0n) is 7.88. The van der Waals surface area contributed by atoms with Crippen LogP contribution in [0.2, 0.25) is 0 Å². The fraction of sp³-hybridized carbons (Fsp3) is 0.400. The van der Waals surface area contributed by atoms with Gasteiger partial charge in [0, 0.05) is 9.61 Å². The van der Waals surface area contributed by atoms with Gasteiger partial charge in [-0.05, 0) is 52.8 Å². The lowest BCUT2D eigenvalue weighted by Gasteiger charge is -2.12. The molecule has 72 valence electrons. The highest BCUT2D eigenvalue weighted by Gasteiger charge is 2.08. The van der Waals surface area contributed by atoms with E-state index in [1.165, 1.54) is 9.13 Å². The van der Waals surface area contributed by atoms with Crippen LogP contribution in [0.15, 0.2) is 18.2 Å². The molecule has 0 saturated heterocycles. The number of rotatable bonds is 3. The lowest BCUT2D eigenvalue weighted by Crippen LogP contribution is -2.10. The summed E-state index contributed by atoms with van der Waals surface area (Å²) in [5.41, 5.74) is 7.13. The molecule has 1 aromatic carbocycles. The second-order valence-electron chi connectivity index (χ2n) is 2.90. The Hall–Kier alpha value is -0.290. The third-order valence-electron chi connectivity index (χ3n) is 2.04. The molecule has 0 amide bonds. The first-order valence-electron chi connectivity index (χ1n) is 4.28. The number of halogens is 1. The van der Waals surface area contributed by atoms with Gasteiger partial charge in [0.15, 0.2) is 0 Å². The fourth-order valence-corrected chi connectivity index (χ4v) is 1.89. The summed E-state index contributed by atoms with van der Waals surface area (Å²) in [6, 6.07) is 6.11. The maximum Gasteiger partial charge on any atom is 0.119 e. The van der Waals surface area contributed by atoms with Gasteiger partial charge < -0.3 is 10.5 Å². The second-order valence-corrected chi connectivity index (χ2v) is 4.06. The SMILES string of the molecule is CC[C@H](N)c1cc(OC)ccc1I. The molecule has 13 heavy (non-hydrogen) atoms. The van der Waals surface area contributed by atoms with Crippen LogP contribution in [0.1, 0.15) is 24.9 Å². The molecule has 0 spiro atoms. The lowest BCUT2D eigenvalue weighted by atomic mass is 10.1. The van der Waals surface area contributed by atoms with E-state index in [0.29, 0.717) is 0 Å². The van der Waals surface area contributed by atoms with Crippen LogP contribution in [0, 0.1) is 3.57 Å². The van der Waals surface area contributed by atoms with Gasteiger partial charge in [0.1, 0.15) is 5.75 Å². The molecule has 0 unspecified atom stereocenters. The molecule has 1 rings (SSSR count). The van der Waals surface area contributed by atoms with Crippen LogP contribution in [0.4, 0.5) is 0 Å². The van der Waals surface area contributed by atoms with Crippen molar-refractivity contribution in [2.24, 2.45) is 5.73 Å². The molecule has 0 aromatic heterocycles. The molecule has 0 saturated carbocycles. The molecular formula is C10H14INO. The molecular weight excluding hydrogens is 277 g/mol. The van der Waals surface area contributed by atoms with Crippen molar-refractivity contribution >= 4 is 22.6 Å². The quantitative estimate of drug-likeness (QED) is 0.869. The summed E-state index contributed by atoms with van der Waals surface area (Å²) in [4.78, 5) is 0. The van der Waals surface area contributed by atoms with Gasteiger partial charge in [-0.3, -0.25) is 0 Å². The summed E-state index contributed by atoms with van der Waals surface area (Å²) in [6.45, 7) is 2.08. The van der Waals surface area contributed by atoms with Gasteiger partial charge in [-0.15, -0.1) is 0 Å². The first kappa shape index (κ1) is 10.8. The van der Waals surface area contributed by atoms with Crippen molar-refractivity contribution in [3.63, 3.8) is 0 Å². The fourth-order valence-electron chi connectivity index (χ4n) is 1.15. The topological polar surface area (TPSA) is 35.2 Å². The monoisotopic (exact) mass is 291 g/mol. The molecule has 0 radical (unpaired) electrons. The molecule has 1 aromatic rings. The average Bonchev–Trinajstić information content (AvgIpc) is 2.17.